The first kappa shape index (κ1) is 11.8. The Balaban J connectivity index is 2.28. The lowest BCUT2D eigenvalue weighted by atomic mass is 10.2. The van der Waals surface area contributed by atoms with Crippen molar-refractivity contribution in [2.24, 2.45) is 7.05 Å². The van der Waals surface area contributed by atoms with Gasteiger partial charge in [-0.1, -0.05) is 0 Å². The zero-order valence-electron chi connectivity index (χ0n) is 10.7. The van der Waals surface area contributed by atoms with Crippen molar-refractivity contribution >= 4 is 0 Å². The van der Waals surface area contributed by atoms with Crippen LogP contribution in [-0.4, -0.2) is 31.6 Å². The fourth-order valence-corrected chi connectivity index (χ4v) is 1.90. The standard InChI is InChI=1S/C11H18N6/c1-8-10(5-12-3)9(2)17(15-8)6-11-14-13-7-16(11)4/h7,12H,5-6H2,1-4H3. The molecule has 0 unspecified atom stereocenters. The zero-order valence-corrected chi connectivity index (χ0v) is 10.7. The Labute approximate surface area is 101 Å². The Kier molecular flexibility index (Phi) is 3.23. The minimum absolute atomic E-state index is 0.660. The Hall–Kier alpha value is -1.69. The molecule has 6 nitrogen and oxygen atoms in total. The molecule has 0 aliphatic carbocycles. The highest BCUT2D eigenvalue weighted by atomic mass is 15.3. The molecule has 0 saturated carbocycles. The van der Waals surface area contributed by atoms with Crippen molar-refractivity contribution in [1.29, 1.82) is 0 Å². The second-order valence-electron chi connectivity index (χ2n) is 4.20. The topological polar surface area (TPSA) is 60.6 Å². The maximum Gasteiger partial charge on any atom is 0.154 e. The van der Waals surface area contributed by atoms with Crippen LogP contribution >= 0.6 is 0 Å². The summed E-state index contributed by atoms with van der Waals surface area (Å²) in [5.41, 5.74) is 3.51. The van der Waals surface area contributed by atoms with Gasteiger partial charge in [-0.3, -0.25) is 4.68 Å². The zero-order chi connectivity index (χ0) is 12.4. The molecule has 0 radical (unpaired) electrons. The minimum atomic E-state index is 0.660. The van der Waals surface area contributed by atoms with Gasteiger partial charge in [0.15, 0.2) is 5.82 Å². The summed E-state index contributed by atoms with van der Waals surface area (Å²) in [5.74, 6) is 0.909. The Morgan fingerprint density at radius 2 is 2.12 bits per heavy atom. The molecule has 0 aromatic carbocycles. The van der Waals surface area contributed by atoms with Crippen LogP contribution in [0.4, 0.5) is 0 Å². The van der Waals surface area contributed by atoms with Crippen LogP contribution in [-0.2, 0) is 20.1 Å². The van der Waals surface area contributed by atoms with E-state index in [0.717, 1.165) is 18.1 Å². The van der Waals surface area contributed by atoms with Gasteiger partial charge in [0.2, 0.25) is 0 Å². The monoisotopic (exact) mass is 234 g/mol. The molecule has 92 valence electrons. The number of nitrogens with one attached hydrogen (secondary N) is 1. The van der Waals surface area contributed by atoms with Crippen molar-refractivity contribution in [3.05, 3.63) is 29.1 Å². The van der Waals surface area contributed by atoms with Gasteiger partial charge in [0.05, 0.1) is 5.69 Å². The average Bonchev–Trinajstić information content (AvgIpc) is 2.79. The fourth-order valence-electron chi connectivity index (χ4n) is 1.90. The summed E-state index contributed by atoms with van der Waals surface area (Å²) in [6.45, 7) is 5.62. The summed E-state index contributed by atoms with van der Waals surface area (Å²) < 4.78 is 3.89. The van der Waals surface area contributed by atoms with Crippen molar-refractivity contribution in [3.8, 4) is 0 Å². The largest absolute Gasteiger partial charge is 0.319 e. The molecule has 0 atom stereocenters. The van der Waals surface area contributed by atoms with Gasteiger partial charge in [-0.05, 0) is 20.9 Å². The van der Waals surface area contributed by atoms with Gasteiger partial charge in [0.25, 0.3) is 0 Å². The Morgan fingerprint density at radius 1 is 1.35 bits per heavy atom. The third-order valence-electron chi connectivity index (χ3n) is 2.98. The van der Waals surface area contributed by atoms with E-state index in [0.29, 0.717) is 6.54 Å². The molecule has 0 saturated heterocycles. The van der Waals surface area contributed by atoms with Crippen LogP contribution in [0.25, 0.3) is 0 Å². The summed E-state index contributed by atoms with van der Waals surface area (Å²) in [6.07, 6.45) is 1.70. The number of nitrogens with zero attached hydrogens (tertiary/aromatic N) is 5. The van der Waals surface area contributed by atoms with Crippen LogP contribution in [0.3, 0.4) is 0 Å². The van der Waals surface area contributed by atoms with Gasteiger partial charge in [0.1, 0.15) is 12.9 Å². The first-order valence-electron chi connectivity index (χ1n) is 5.63. The van der Waals surface area contributed by atoms with E-state index < -0.39 is 0 Å². The number of hydrogen-bond acceptors (Lipinski definition) is 4. The lowest BCUT2D eigenvalue weighted by molar-refractivity contribution is 0.609. The minimum Gasteiger partial charge on any atom is -0.319 e. The molecular formula is C11H18N6. The second kappa shape index (κ2) is 4.67. The first-order valence-corrected chi connectivity index (χ1v) is 5.63. The van der Waals surface area contributed by atoms with Crippen LogP contribution < -0.4 is 5.32 Å². The molecule has 0 fully saturated rings. The lowest BCUT2D eigenvalue weighted by Crippen LogP contribution is -2.10. The van der Waals surface area contributed by atoms with Gasteiger partial charge < -0.3 is 9.88 Å². The van der Waals surface area contributed by atoms with Crippen LogP contribution in [0.1, 0.15) is 22.8 Å². The number of rotatable bonds is 4. The van der Waals surface area contributed by atoms with Gasteiger partial charge in [-0.25, -0.2) is 0 Å². The molecule has 0 amide bonds. The molecule has 1 N–H and O–H groups in total. The van der Waals surface area contributed by atoms with Gasteiger partial charge in [-0.15, -0.1) is 10.2 Å². The summed E-state index contributed by atoms with van der Waals surface area (Å²) in [4.78, 5) is 0. The Morgan fingerprint density at radius 3 is 2.71 bits per heavy atom. The van der Waals surface area contributed by atoms with Gasteiger partial charge in [-0.2, -0.15) is 5.10 Å². The van der Waals surface area contributed by atoms with Crippen molar-refractivity contribution in [2.75, 3.05) is 7.05 Å². The highest BCUT2D eigenvalue weighted by Gasteiger charge is 2.12. The van der Waals surface area contributed by atoms with Crippen LogP contribution in [0, 0.1) is 13.8 Å². The van der Waals surface area contributed by atoms with Crippen molar-refractivity contribution in [1.82, 2.24) is 29.9 Å². The molecular weight excluding hydrogens is 216 g/mol. The third-order valence-corrected chi connectivity index (χ3v) is 2.98. The summed E-state index contributed by atoms with van der Waals surface area (Å²) in [7, 11) is 3.88. The number of hydrogen-bond donors (Lipinski definition) is 1. The van der Waals surface area contributed by atoms with E-state index in [4.69, 9.17) is 0 Å². The fraction of sp³-hybridized carbons (Fsp3) is 0.545. The van der Waals surface area contributed by atoms with Crippen LogP contribution in [0.2, 0.25) is 0 Å². The van der Waals surface area contributed by atoms with E-state index in [1.807, 2.05) is 30.3 Å². The predicted molar refractivity (Wildman–Crippen MR) is 64.6 cm³/mol. The average molecular weight is 234 g/mol. The summed E-state index contributed by atoms with van der Waals surface area (Å²) in [6, 6.07) is 0. The molecule has 17 heavy (non-hydrogen) atoms. The molecule has 0 aliphatic rings. The molecule has 2 rings (SSSR count). The van der Waals surface area contributed by atoms with Gasteiger partial charge in [0, 0.05) is 24.8 Å². The van der Waals surface area contributed by atoms with Crippen molar-refractivity contribution in [2.45, 2.75) is 26.9 Å². The SMILES string of the molecule is CNCc1c(C)nn(Cc2nncn2C)c1C. The summed E-state index contributed by atoms with van der Waals surface area (Å²) in [5, 5.41) is 15.6. The molecule has 0 spiro atoms. The Bertz CT molecular complexity index is 510. The van der Waals surface area contributed by atoms with Crippen LogP contribution in [0.15, 0.2) is 6.33 Å². The quantitative estimate of drug-likeness (QED) is 0.831. The molecule has 2 aromatic heterocycles. The van der Waals surface area contributed by atoms with E-state index in [9.17, 15) is 0 Å². The van der Waals surface area contributed by atoms with Crippen molar-refractivity contribution in [3.63, 3.8) is 0 Å². The van der Waals surface area contributed by atoms with E-state index in [2.05, 4.69) is 27.5 Å². The van der Waals surface area contributed by atoms with E-state index in [-0.39, 0.29) is 0 Å². The van der Waals surface area contributed by atoms with Gasteiger partial charge >= 0.3 is 0 Å². The number of aromatic nitrogens is 5. The van der Waals surface area contributed by atoms with Crippen LogP contribution in [0.5, 0.6) is 0 Å². The number of aryl methyl sites for hydroxylation is 2. The maximum atomic E-state index is 4.54. The summed E-state index contributed by atoms with van der Waals surface area (Å²) >= 11 is 0. The third kappa shape index (κ3) is 2.21. The maximum absolute atomic E-state index is 4.54. The molecule has 2 heterocycles. The normalized spacial score (nSPS) is 11.1. The van der Waals surface area contributed by atoms with E-state index in [1.165, 1.54) is 11.3 Å². The highest BCUT2D eigenvalue weighted by Crippen LogP contribution is 2.13. The van der Waals surface area contributed by atoms with E-state index in [1.54, 1.807) is 6.33 Å². The predicted octanol–water partition coefficient (Wildman–Crippen LogP) is 0.396. The molecule has 2 aromatic rings. The van der Waals surface area contributed by atoms with E-state index >= 15 is 0 Å². The van der Waals surface area contributed by atoms with Crippen molar-refractivity contribution < 1.29 is 0 Å². The first-order chi connectivity index (χ1) is 8.13. The molecule has 0 bridgehead atoms. The lowest BCUT2D eigenvalue weighted by Gasteiger charge is -2.04. The molecule has 6 heteroatoms. The highest BCUT2D eigenvalue weighted by molar-refractivity contribution is 5.24. The molecule has 0 aliphatic heterocycles. The second-order valence-corrected chi connectivity index (χ2v) is 4.20. The smallest absolute Gasteiger partial charge is 0.154 e.